The maximum absolute atomic E-state index is 14.3. The van der Waals surface area contributed by atoms with Crippen molar-refractivity contribution in [1.29, 1.82) is 0 Å². The van der Waals surface area contributed by atoms with Gasteiger partial charge in [-0.2, -0.15) is 0 Å². The summed E-state index contributed by atoms with van der Waals surface area (Å²) in [4.78, 5) is 24.9. The molecule has 1 aromatic heterocycles. The zero-order chi connectivity index (χ0) is 49.0. The standard InChI is InChI=1S/C43H64F2N4O18/c1-6-8-25(40(59)60)63-39-30(46-19(5)52)41(65-28(15-51)34(39)55)64-26-11-20(10-21(7-2)38(26)67-43-37(58)36(57)32(53)18(4)62-43)16-61-42-35(56)31(33(54)27(14-50)66-42)49-13-24(47-48-49)22-9-17(3)29(45)23(44)12-22/h9,12-13,18,20-21,25-28,30-39,41-43,50-51,53-58H,6-8,10-11,14-16H2,1-5H3,(H,46,52)(H,59,60)/t18?,20?,21?,25-,26+,27?,28-,30?,31?,32+,33+,34-,35?,36-,37?,38+,39?,41+,42-,43-/m0/s1. The van der Waals surface area contributed by atoms with E-state index in [4.69, 9.17) is 33.2 Å². The summed E-state index contributed by atoms with van der Waals surface area (Å²) in [6.07, 6.45) is -20.3. The predicted octanol–water partition coefficient (Wildman–Crippen LogP) is -1.22. The molecule has 20 atom stereocenters. The number of rotatable bonds is 18. The predicted molar refractivity (Wildman–Crippen MR) is 222 cm³/mol. The number of benzene rings is 1. The van der Waals surface area contributed by atoms with Gasteiger partial charge in [0.05, 0.1) is 44.3 Å². The van der Waals surface area contributed by atoms with Crippen LogP contribution in [0.4, 0.5) is 8.78 Å². The van der Waals surface area contributed by atoms with Crippen LogP contribution in [0.1, 0.15) is 71.4 Å². The number of hydrogen-bond donors (Lipinski definition) is 10. The number of carbonyl (C=O) groups is 2. The van der Waals surface area contributed by atoms with Gasteiger partial charge in [-0.05, 0) is 62.6 Å². The molecule has 24 heteroatoms. The number of aromatic nitrogens is 3. The number of aliphatic carboxylic acids is 1. The Hall–Kier alpha value is -3.44. The van der Waals surface area contributed by atoms with Gasteiger partial charge in [-0.1, -0.05) is 31.9 Å². The van der Waals surface area contributed by atoms with Crippen molar-refractivity contribution in [3.63, 3.8) is 0 Å². The summed E-state index contributed by atoms with van der Waals surface area (Å²) in [5.41, 5.74) is 0.280. The number of halogens is 2. The van der Waals surface area contributed by atoms with E-state index in [1.165, 1.54) is 33.0 Å². The Kier molecular flexibility index (Phi) is 18.2. The molecule has 0 bridgehead atoms. The van der Waals surface area contributed by atoms with Gasteiger partial charge < -0.3 is 84.4 Å². The average molecular weight is 963 g/mol. The van der Waals surface area contributed by atoms with E-state index in [0.29, 0.717) is 19.3 Å². The van der Waals surface area contributed by atoms with Crippen LogP contribution in [0.3, 0.4) is 0 Å². The van der Waals surface area contributed by atoms with Crippen LogP contribution in [0.2, 0.25) is 0 Å². The van der Waals surface area contributed by atoms with Crippen molar-refractivity contribution in [2.24, 2.45) is 11.8 Å². The van der Waals surface area contributed by atoms with Crippen LogP contribution < -0.4 is 5.32 Å². The molecule has 22 nitrogen and oxygen atoms in total. The molecule has 1 saturated carbocycles. The molecule has 4 aliphatic rings. The molecule has 1 aliphatic carbocycles. The second-order valence-electron chi connectivity index (χ2n) is 17.8. The van der Waals surface area contributed by atoms with Crippen LogP contribution in [-0.4, -0.2) is 197 Å². The molecule has 6 rings (SSSR count). The summed E-state index contributed by atoms with van der Waals surface area (Å²) in [5.74, 6) is -5.03. The van der Waals surface area contributed by atoms with Crippen LogP contribution >= 0.6 is 0 Å². The topological polar surface area (TPSA) is 324 Å². The van der Waals surface area contributed by atoms with Crippen molar-refractivity contribution in [3.05, 3.63) is 35.5 Å². The van der Waals surface area contributed by atoms with E-state index >= 15 is 0 Å². The van der Waals surface area contributed by atoms with Gasteiger partial charge in [0.25, 0.3) is 0 Å². The zero-order valence-electron chi connectivity index (χ0n) is 37.7. The highest BCUT2D eigenvalue weighted by Gasteiger charge is 2.53. The number of nitrogens with zero attached hydrogens (tertiary/aromatic N) is 3. The highest BCUT2D eigenvalue weighted by Crippen LogP contribution is 2.41. The highest BCUT2D eigenvalue weighted by molar-refractivity contribution is 5.73. The maximum atomic E-state index is 14.3. The van der Waals surface area contributed by atoms with Crippen molar-refractivity contribution >= 4 is 11.9 Å². The van der Waals surface area contributed by atoms with Gasteiger partial charge in [-0.15, -0.1) is 5.10 Å². The molecule has 3 aliphatic heterocycles. The monoisotopic (exact) mass is 962 g/mol. The summed E-state index contributed by atoms with van der Waals surface area (Å²) in [6, 6.07) is -0.401. The first-order chi connectivity index (χ1) is 31.8. The molecule has 0 radical (unpaired) electrons. The summed E-state index contributed by atoms with van der Waals surface area (Å²) in [5, 5.41) is 107. The van der Waals surface area contributed by atoms with Crippen molar-refractivity contribution < 1.29 is 97.5 Å². The lowest BCUT2D eigenvalue weighted by molar-refractivity contribution is -0.340. The molecule has 378 valence electrons. The minimum absolute atomic E-state index is 0.0117. The molecule has 0 spiro atoms. The number of aryl methyl sites for hydroxylation is 1. The number of aliphatic hydroxyl groups is 8. The molecule has 10 N–H and O–H groups in total. The second-order valence-corrected chi connectivity index (χ2v) is 17.8. The van der Waals surface area contributed by atoms with Gasteiger partial charge in [0.15, 0.2) is 36.6 Å². The molecule has 2 aromatic rings. The Morgan fingerprint density at radius 1 is 0.881 bits per heavy atom. The Morgan fingerprint density at radius 3 is 2.19 bits per heavy atom. The maximum Gasteiger partial charge on any atom is 0.332 e. The van der Waals surface area contributed by atoms with E-state index in [-0.39, 0.29) is 36.3 Å². The van der Waals surface area contributed by atoms with Gasteiger partial charge in [0, 0.05) is 12.5 Å². The molecular weight excluding hydrogens is 898 g/mol. The molecule has 4 fully saturated rings. The quantitative estimate of drug-likeness (QED) is 0.0838. The number of hydrogen-bond acceptors (Lipinski definition) is 19. The normalized spacial score (nSPS) is 38.6. The number of amides is 1. The fourth-order valence-electron chi connectivity index (χ4n) is 9.36. The molecule has 4 heterocycles. The van der Waals surface area contributed by atoms with Crippen LogP contribution in [0.5, 0.6) is 0 Å². The molecule has 67 heavy (non-hydrogen) atoms. The van der Waals surface area contributed by atoms with Gasteiger partial charge >= 0.3 is 5.97 Å². The summed E-state index contributed by atoms with van der Waals surface area (Å²) in [7, 11) is 0. The van der Waals surface area contributed by atoms with Gasteiger partial charge in [0.1, 0.15) is 72.7 Å². The smallest absolute Gasteiger partial charge is 0.332 e. The Morgan fingerprint density at radius 2 is 1.57 bits per heavy atom. The first-order valence-electron chi connectivity index (χ1n) is 22.5. The van der Waals surface area contributed by atoms with Crippen molar-refractivity contribution in [1.82, 2.24) is 20.3 Å². The first kappa shape index (κ1) is 52.9. The molecule has 3 saturated heterocycles. The van der Waals surface area contributed by atoms with E-state index in [1.54, 1.807) is 6.92 Å². The number of nitrogens with one attached hydrogen (secondary N) is 1. The number of carboxylic acids is 1. The SMILES string of the molecule is CCC[C@H](OC1C(NC(C)=O)[C@H](O[C@@H]2CC(CO[C@H]3OC(CO)[C@@H](O)C(n4cc(-c5cc(C)c(F)c(F)c5)nn4)C3O)CC(CC)[C@H]2O[C@@H]2OC(C)[C@@H](O)[C@H](O)C2O)O[C@@H](CO)[C@@H]1O)C(=O)O. The van der Waals surface area contributed by atoms with Crippen molar-refractivity contribution in [2.75, 3.05) is 19.8 Å². The third kappa shape index (κ3) is 11.8. The molecule has 1 amide bonds. The summed E-state index contributed by atoms with van der Waals surface area (Å²) < 4.78 is 72.4. The van der Waals surface area contributed by atoms with E-state index < -0.39 is 159 Å². The minimum Gasteiger partial charge on any atom is -0.479 e. The molecule has 9 unspecified atom stereocenters. The van der Waals surface area contributed by atoms with E-state index in [9.17, 15) is 64.3 Å². The lowest BCUT2D eigenvalue weighted by Crippen LogP contribution is -2.67. The molecular formula is C43H64F2N4O18. The van der Waals surface area contributed by atoms with Crippen LogP contribution in [-0.2, 0) is 42.7 Å². The van der Waals surface area contributed by atoms with Gasteiger partial charge in [-0.3, -0.25) is 4.79 Å². The summed E-state index contributed by atoms with van der Waals surface area (Å²) >= 11 is 0. The van der Waals surface area contributed by atoms with Crippen molar-refractivity contribution in [2.45, 2.75) is 177 Å². The number of aliphatic hydroxyl groups excluding tert-OH is 8. The lowest BCUT2D eigenvalue weighted by Gasteiger charge is -2.49. The summed E-state index contributed by atoms with van der Waals surface area (Å²) in [6.45, 7) is 5.97. The zero-order valence-corrected chi connectivity index (χ0v) is 37.7. The Bertz CT molecular complexity index is 1930. The highest BCUT2D eigenvalue weighted by atomic mass is 19.2. The van der Waals surface area contributed by atoms with Crippen molar-refractivity contribution in [3.8, 4) is 11.3 Å². The number of ether oxygens (including phenoxy) is 7. The fourth-order valence-corrected chi connectivity index (χ4v) is 9.36. The third-order valence-electron chi connectivity index (χ3n) is 13.0. The third-order valence-corrected chi connectivity index (χ3v) is 13.0. The van der Waals surface area contributed by atoms with Crippen LogP contribution in [0.25, 0.3) is 11.3 Å². The van der Waals surface area contributed by atoms with Gasteiger partial charge in [-0.25, -0.2) is 18.3 Å². The van der Waals surface area contributed by atoms with E-state index in [2.05, 4.69) is 15.6 Å². The van der Waals surface area contributed by atoms with E-state index in [0.717, 1.165) is 10.7 Å². The Labute approximate surface area is 384 Å². The van der Waals surface area contributed by atoms with Crippen LogP contribution in [0, 0.1) is 30.4 Å². The fraction of sp³-hybridized carbons (Fsp3) is 0.767. The van der Waals surface area contributed by atoms with Crippen LogP contribution in [0.15, 0.2) is 18.3 Å². The first-order valence-corrected chi connectivity index (χ1v) is 22.5. The number of carbonyl (C=O) groups excluding carboxylic acids is 1. The Balaban J connectivity index is 1.28. The van der Waals surface area contributed by atoms with E-state index in [1.807, 2.05) is 6.92 Å². The lowest BCUT2D eigenvalue weighted by atomic mass is 9.76. The van der Waals surface area contributed by atoms with Gasteiger partial charge in [0.2, 0.25) is 5.91 Å². The number of carboxylic acid groups (broad SMARTS) is 1. The largest absolute Gasteiger partial charge is 0.479 e. The average Bonchev–Trinajstić information content (AvgIpc) is 3.78. The minimum atomic E-state index is -1.71. The molecule has 1 aromatic carbocycles. The second kappa shape index (κ2) is 23.0.